The maximum Gasteiger partial charge on any atom is 0.267 e. The minimum absolute atomic E-state index is 0.0331. The molecule has 0 saturated heterocycles. The first-order valence-corrected chi connectivity index (χ1v) is 8.18. The Morgan fingerprint density at radius 1 is 1.13 bits per heavy atom. The number of nitriles is 1. The van der Waals surface area contributed by atoms with E-state index in [1.54, 1.807) is 12.1 Å². The lowest BCUT2D eigenvalue weighted by Crippen LogP contribution is -2.26. The van der Waals surface area contributed by atoms with Gasteiger partial charge < -0.3 is 0 Å². The van der Waals surface area contributed by atoms with E-state index in [1.807, 2.05) is 42.6 Å². The lowest BCUT2D eigenvalue weighted by Gasteiger charge is -2.20. The van der Waals surface area contributed by atoms with Crippen molar-refractivity contribution >= 4 is 21.8 Å². The Kier molecular flexibility index (Phi) is 5.23. The van der Waals surface area contributed by atoms with Crippen LogP contribution in [-0.4, -0.2) is 10.8 Å². The molecule has 0 bridgehead atoms. The molecule has 0 N–H and O–H groups in total. The first kappa shape index (κ1) is 17.2. The first-order valence-electron chi connectivity index (χ1n) is 7.38. The Labute approximate surface area is 145 Å². The molecule has 0 aliphatic heterocycles. The third-order valence-electron chi connectivity index (χ3n) is 3.65. The zero-order valence-corrected chi connectivity index (χ0v) is 15.1. The summed E-state index contributed by atoms with van der Waals surface area (Å²) in [6, 6.07) is 15.0. The summed E-state index contributed by atoms with van der Waals surface area (Å²) in [5, 5.41) is 9.33. The predicted octanol–water partition coefficient (Wildman–Crippen LogP) is 4.87. The standard InChI is InChI=1S/C19H19BrN2O/c1-19(2,3)16-10-8-14(9-11-16)18(23)22(13-21)12-15-6-4-5-7-17(15)20/h4-11H,12H2,1-3H3. The molecule has 0 atom stereocenters. The highest BCUT2D eigenvalue weighted by molar-refractivity contribution is 9.10. The fourth-order valence-electron chi connectivity index (χ4n) is 2.22. The van der Waals surface area contributed by atoms with Gasteiger partial charge in [-0.1, -0.05) is 67.0 Å². The molecule has 0 radical (unpaired) electrons. The zero-order valence-electron chi connectivity index (χ0n) is 13.5. The van der Waals surface area contributed by atoms with Crippen LogP contribution in [0.2, 0.25) is 0 Å². The lowest BCUT2D eigenvalue weighted by molar-refractivity contribution is 0.0824. The summed E-state index contributed by atoms with van der Waals surface area (Å²) < 4.78 is 0.885. The second kappa shape index (κ2) is 6.97. The molecule has 0 fully saturated rings. The van der Waals surface area contributed by atoms with Crippen molar-refractivity contribution in [1.29, 1.82) is 5.26 Å². The number of carbonyl (C=O) groups excluding carboxylic acids is 1. The number of nitrogens with zero attached hydrogens (tertiary/aromatic N) is 2. The number of carbonyl (C=O) groups is 1. The van der Waals surface area contributed by atoms with Crippen molar-refractivity contribution in [3.63, 3.8) is 0 Å². The highest BCUT2D eigenvalue weighted by Crippen LogP contribution is 2.23. The van der Waals surface area contributed by atoms with Crippen LogP contribution >= 0.6 is 15.9 Å². The summed E-state index contributed by atoms with van der Waals surface area (Å²) in [4.78, 5) is 13.7. The van der Waals surface area contributed by atoms with E-state index in [9.17, 15) is 10.1 Å². The van der Waals surface area contributed by atoms with Crippen LogP contribution in [0, 0.1) is 11.5 Å². The van der Waals surface area contributed by atoms with Gasteiger partial charge in [-0.2, -0.15) is 5.26 Å². The summed E-state index contributed by atoms with van der Waals surface area (Å²) in [7, 11) is 0. The van der Waals surface area contributed by atoms with Crippen molar-refractivity contribution in [3.8, 4) is 6.19 Å². The molecule has 4 heteroatoms. The van der Waals surface area contributed by atoms with Crippen molar-refractivity contribution in [2.24, 2.45) is 0 Å². The maximum atomic E-state index is 12.5. The van der Waals surface area contributed by atoms with Crippen molar-refractivity contribution in [1.82, 2.24) is 4.90 Å². The Balaban J connectivity index is 2.21. The SMILES string of the molecule is CC(C)(C)c1ccc(C(=O)N(C#N)Cc2ccccc2Br)cc1. The van der Waals surface area contributed by atoms with Gasteiger partial charge in [0.15, 0.2) is 6.19 Å². The van der Waals surface area contributed by atoms with Crippen LogP contribution in [0.15, 0.2) is 53.0 Å². The van der Waals surface area contributed by atoms with Crippen LogP contribution < -0.4 is 0 Å². The molecule has 3 nitrogen and oxygen atoms in total. The number of benzene rings is 2. The van der Waals surface area contributed by atoms with E-state index in [0.29, 0.717) is 5.56 Å². The van der Waals surface area contributed by atoms with Crippen molar-refractivity contribution in [3.05, 3.63) is 69.7 Å². The van der Waals surface area contributed by atoms with Crippen molar-refractivity contribution in [2.75, 3.05) is 0 Å². The van der Waals surface area contributed by atoms with Gasteiger partial charge in [-0.05, 0) is 34.7 Å². The molecule has 0 spiro atoms. The molecular formula is C19H19BrN2O. The second-order valence-corrected chi connectivity index (χ2v) is 7.26. The predicted molar refractivity (Wildman–Crippen MR) is 94.8 cm³/mol. The van der Waals surface area contributed by atoms with E-state index in [0.717, 1.165) is 15.6 Å². The molecule has 1 amide bonds. The van der Waals surface area contributed by atoms with Crippen molar-refractivity contribution < 1.29 is 4.79 Å². The molecule has 0 unspecified atom stereocenters. The highest BCUT2D eigenvalue weighted by Gasteiger charge is 2.18. The Bertz CT molecular complexity index is 739. The highest BCUT2D eigenvalue weighted by atomic mass is 79.9. The van der Waals surface area contributed by atoms with E-state index in [1.165, 1.54) is 4.90 Å². The number of hydrogen-bond donors (Lipinski definition) is 0. The first-order chi connectivity index (χ1) is 10.8. The molecule has 118 valence electrons. The topological polar surface area (TPSA) is 44.1 Å². The number of hydrogen-bond acceptors (Lipinski definition) is 2. The fraction of sp³-hybridized carbons (Fsp3) is 0.263. The zero-order chi connectivity index (χ0) is 17.0. The molecule has 2 aromatic rings. The fourth-order valence-corrected chi connectivity index (χ4v) is 2.63. The van der Waals surface area contributed by atoms with Crippen LogP contribution in [-0.2, 0) is 12.0 Å². The summed E-state index contributed by atoms with van der Waals surface area (Å²) >= 11 is 3.44. The van der Waals surface area contributed by atoms with Gasteiger partial charge in [-0.15, -0.1) is 0 Å². The second-order valence-electron chi connectivity index (χ2n) is 6.41. The lowest BCUT2D eigenvalue weighted by atomic mass is 9.86. The molecule has 2 rings (SSSR count). The van der Waals surface area contributed by atoms with Crippen LogP contribution in [0.5, 0.6) is 0 Å². The Morgan fingerprint density at radius 3 is 2.26 bits per heavy atom. The average molecular weight is 371 g/mol. The third kappa shape index (κ3) is 4.20. The molecule has 0 saturated carbocycles. The summed E-state index contributed by atoms with van der Waals surface area (Å²) in [6.07, 6.45) is 1.98. The van der Waals surface area contributed by atoms with Gasteiger partial charge in [0.1, 0.15) is 0 Å². The summed E-state index contributed by atoms with van der Waals surface area (Å²) in [6.45, 7) is 6.62. The monoisotopic (exact) mass is 370 g/mol. The van der Waals surface area contributed by atoms with Crippen molar-refractivity contribution in [2.45, 2.75) is 32.7 Å². The molecule has 0 heterocycles. The molecular weight excluding hydrogens is 352 g/mol. The molecule has 2 aromatic carbocycles. The van der Waals surface area contributed by atoms with Gasteiger partial charge in [0, 0.05) is 10.0 Å². The number of halogens is 1. The smallest absolute Gasteiger partial charge is 0.267 e. The molecule has 0 aromatic heterocycles. The maximum absolute atomic E-state index is 12.5. The molecule has 23 heavy (non-hydrogen) atoms. The van der Waals surface area contributed by atoms with Gasteiger partial charge in [0.2, 0.25) is 0 Å². The van der Waals surface area contributed by atoms with E-state index in [4.69, 9.17) is 0 Å². The minimum Gasteiger partial charge on any atom is -0.268 e. The van der Waals surface area contributed by atoms with Gasteiger partial charge >= 0.3 is 0 Å². The van der Waals surface area contributed by atoms with Gasteiger partial charge in [0.05, 0.1) is 6.54 Å². The Morgan fingerprint density at radius 2 is 1.74 bits per heavy atom. The van der Waals surface area contributed by atoms with E-state index in [2.05, 4.69) is 36.7 Å². The minimum atomic E-state index is -0.288. The molecule has 0 aliphatic carbocycles. The largest absolute Gasteiger partial charge is 0.268 e. The third-order valence-corrected chi connectivity index (χ3v) is 4.42. The van der Waals surface area contributed by atoms with E-state index < -0.39 is 0 Å². The summed E-state index contributed by atoms with van der Waals surface area (Å²) in [5.74, 6) is -0.288. The summed E-state index contributed by atoms with van der Waals surface area (Å²) in [5.41, 5.74) is 2.61. The van der Waals surface area contributed by atoms with Gasteiger partial charge in [0.25, 0.3) is 5.91 Å². The van der Waals surface area contributed by atoms with E-state index >= 15 is 0 Å². The Hall–Kier alpha value is -2.12. The van der Waals surface area contributed by atoms with Crippen LogP contribution in [0.25, 0.3) is 0 Å². The van der Waals surface area contributed by atoms with E-state index in [-0.39, 0.29) is 17.9 Å². The number of amides is 1. The van der Waals surface area contributed by atoms with Crippen LogP contribution in [0.4, 0.5) is 0 Å². The molecule has 0 aliphatic rings. The quantitative estimate of drug-likeness (QED) is 0.571. The average Bonchev–Trinajstić information content (AvgIpc) is 2.53. The van der Waals surface area contributed by atoms with Crippen LogP contribution in [0.3, 0.4) is 0 Å². The van der Waals surface area contributed by atoms with Crippen LogP contribution in [0.1, 0.15) is 42.3 Å². The normalized spacial score (nSPS) is 10.9. The van der Waals surface area contributed by atoms with Gasteiger partial charge in [-0.3, -0.25) is 4.79 Å². The van der Waals surface area contributed by atoms with Gasteiger partial charge in [-0.25, -0.2) is 4.90 Å². The number of rotatable bonds is 3.